The number of H-pyrrole nitrogens is 1. The van der Waals surface area contributed by atoms with Crippen molar-refractivity contribution in [3.8, 4) is 0 Å². The zero-order chi connectivity index (χ0) is 22.6. The number of pyridine rings is 1. The van der Waals surface area contributed by atoms with Crippen molar-refractivity contribution in [3.63, 3.8) is 0 Å². The van der Waals surface area contributed by atoms with Gasteiger partial charge in [0.05, 0.1) is 11.1 Å². The van der Waals surface area contributed by atoms with Crippen LogP contribution in [0.2, 0.25) is 0 Å². The molecule has 1 fully saturated rings. The molecule has 10 nitrogen and oxygen atoms in total. The molecule has 2 aromatic heterocycles. The van der Waals surface area contributed by atoms with Crippen LogP contribution >= 0.6 is 0 Å². The average molecular weight is 453 g/mol. The Morgan fingerprint density at radius 2 is 1.75 bits per heavy atom. The summed E-state index contributed by atoms with van der Waals surface area (Å²) < 4.78 is 27.6. The first-order valence-electron chi connectivity index (χ1n) is 9.97. The maximum absolute atomic E-state index is 13.1. The Kier molecular flexibility index (Phi) is 4.60. The van der Waals surface area contributed by atoms with E-state index >= 15 is 0 Å². The van der Waals surface area contributed by atoms with Gasteiger partial charge in [0.15, 0.2) is 0 Å². The van der Waals surface area contributed by atoms with Crippen LogP contribution in [0, 0.1) is 0 Å². The maximum Gasteiger partial charge on any atom is 0.261 e. The lowest BCUT2D eigenvalue weighted by atomic mass is 10.0. The number of imide groups is 1. The van der Waals surface area contributed by atoms with Crippen LogP contribution in [0.5, 0.6) is 0 Å². The molecule has 32 heavy (non-hydrogen) atoms. The Balaban J connectivity index is 1.32. The summed E-state index contributed by atoms with van der Waals surface area (Å²) in [6, 6.07) is 7.82. The van der Waals surface area contributed by atoms with E-state index in [1.807, 2.05) is 0 Å². The van der Waals surface area contributed by atoms with Crippen molar-refractivity contribution in [1.82, 2.24) is 24.1 Å². The lowest BCUT2D eigenvalue weighted by Crippen LogP contribution is -2.50. The van der Waals surface area contributed by atoms with Gasteiger partial charge in [0.25, 0.3) is 17.7 Å². The molecule has 0 atom stereocenters. The molecular formula is C21H19N5O5S. The molecule has 164 valence electrons. The van der Waals surface area contributed by atoms with Gasteiger partial charge >= 0.3 is 0 Å². The van der Waals surface area contributed by atoms with E-state index in [1.54, 1.807) is 23.2 Å². The molecule has 2 aliphatic rings. The van der Waals surface area contributed by atoms with Crippen molar-refractivity contribution in [2.24, 2.45) is 0 Å². The van der Waals surface area contributed by atoms with Crippen molar-refractivity contribution in [1.29, 1.82) is 0 Å². The van der Waals surface area contributed by atoms with Gasteiger partial charge in [-0.25, -0.2) is 13.4 Å². The molecule has 4 heterocycles. The number of rotatable bonds is 3. The summed E-state index contributed by atoms with van der Waals surface area (Å²) in [5, 5.41) is 0.522. The maximum atomic E-state index is 13.1. The van der Waals surface area contributed by atoms with Crippen molar-refractivity contribution in [2.75, 3.05) is 33.2 Å². The highest BCUT2D eigenvalue weighted by atomic mass is 32.2. The molecule has 0 aliphatic carbocycles. The standard InChI is InChI=1S/C21H19N5O5S/c1-24-20(28)14-5-4-13(11-16(14)21(24)29)19(27)25-7-9-26(10-8-25)32(30,31)17-12-23-18-15(17)3-2-6-22-18/h2-6,11-12H,7-10H2,1H3,(H,22,23). The molecule has 2 aliphatic heterocycles. The smallest absolute Gasteiger partial charge is 0.261 e. The highest BCUT2D eigenvalue weighted by Gasteiger charge is 2.35. The Bertz CT molecular complexity index is 1390. The van der Waals surface area contributed by atoms with E-state index in [9.17, 15) is 22.8 Å². The van der Waals surface area contributed by atoms with Gasteiger partial charge in [-0.3, -0.25) is 19.3 Å². The number of aromatic amines is 1. The van der Waals surface area contributed by atoms with E-state index in [0.717, 1.165) is 4.90 Å². The molecule has 0 bridgehead atoms. The van der Waals surface area contributed by atoms with E-state index < -0.39 is 21.8 Å². The third-order valence-corrected chi connectivity index (χ3v) is 7.83. The number of hydrogen-bond donors (Lipinski definition) is 1. The van der Waals surface area contributed by atoms with Crippen LogP contribution in [0.4, 0.5) is 0 Å². The Morgan fingerprint density at radius 3 is 2.50 bits per heavy atom. The molecule has 5 rings (SSSR count). The molecular weight excluding hydrogens is 434 g/mol. The van der Waals surface area contributed by atoms with E-state index in [1.165, 1.54) is 35.7 Å². The Morgan fingerprint density at radius 1 is 1.03 bits per heavy atom. The fraction of sp³-hybridized carbons (Fsp3) is 0.238. The minimum absolute atomic E-state index is 0.145. The van der Waals surface area contributed by atoms with Crippen LogP contribution in [0.25, 0.3) is 11.0 Å². The molecule has 1 N–H and O–H groups in total. The monoisotopic (exact) mass is 453 g/mol. The SMILES string of the molecule is CN1C(=O)c2ccc(C(=O)N3CCN(S(=O)(=O)c4c[nH]c5ncccc45)CC3)cc2C1=O. The number of nitrogens with one attached hydrogen (secondary N) is 1. The summed E-state index contributed by atoms with van der Waals surface area (Å²) in [5.74, 6) is -1.14. The van der Waals surface area contributed by atoms with Crippen LogP contribution in [0.15, 0.2) is 47.6 Å². The van der Waals surface area contributed by atoms with Gasteiger partial charge in [-0.1, -0.05) is 0 Å². The Labute approximate surface area is 183 Å². The molecule has 0 spiro atoms. The summed E-state index contributed by atoms with van der Waals surface area (Å²) in [5.41, 5.74) is 1.27. The van der Waals surface area contributed by atoms with Gasteiger partial charge in [0.1, 0.15) is 10.5 Å². The Hall–Kier alpha value is -3.57. The molecule has 3 aromatic rings. The number of amides is 3. The first-order chi connectivity index (χ1) is 15.3. The van der Waals surface area contributed by atoms with Crippen molar-refractivity contribution < 1.29 is 22.8 Å². The molecule has 1 aromatic carbocycles. The topological polar surface area (TPSA) is 124 Å². The number of fused-ring (bicyclic) bond motifs is 2. The fourth-order valence-electron chi connectivity index (χ4n) is 4.09. The predicted octanol–water partition coefficient (Wildman–Crippen LogP) is 0.935. The molecule has 11 heteroatoms. The zero-order valence-electron chi connectivity index (χ0n) is 17.1. The van der Waals surface area contributed by atoms with Gasteiger partial charge in [-0.05, 0) is 30.3 Å². The number of hydrogen-bond acceptors (Lipinski definition) is 6. The second kappa shape index (κ2) is 7.24. The third-order valence-electron chi connectivity index (χ3n) is 5.89. The second-order valence-corrected chi connectivity index (χ2v) is 9.58. The normalized spacial score (nSPS) is 17.3. The van der Waals surface area contributed by atoms with E-state index in [-0.39, 0.29) is 48.1 Å². The highest BCUT2D eigenvalue weighted by molar-refractivity contribution is 7.89. The summed E-state index contributed by atoms with van der Waals surface area (Å²) in [4.78, 5) is 47.0. The molecule has 0 saturated carbocycles. The lowest BCUT2D eigenvalue weighted by molar-refractivity contribution is 0.0688. The summed E-state index contributed by atoms with van der Waals surface area (Å²) in [6.45, 7) is 0.712. The molecule has 1 saturated heterocycles. The summed E-state index contributed by atoms with van der Waals surface area (Å²) in [7, 11) is -2.35. The summed E-state index contributed by atoms with van der Waals surface area (Å²) in [6.07, 6.45) is 3.02. The van der Waals surface area contributed by atoms with Crippen LogP contribution in [-0.4, -0.2) is 83.4 Å². The van der Waals surface area contributed by atoms with Gasteiger partial charge in [-0.15, -0.1) is 0 Å². The van der Waals surface area contributed by atoms with E-state index in [2.05, 4.69) is 9.97 Å². The van der Waals surface area contributed by atoms with Crippen LogP contribution in [0.3, 0.4) is 0 Å². The average Bonchev–Trinajstić information content (AvgIpc) is 3.35. The minimum Gasteiger partial charge on any atom is -0.345 e. The number of aromatic nitrogens is 2. The minimum atomic E-state index is -3.75. The number of benzene rings is 1. The first kappa shape index (κ1) is 20.3. The van der Waals surface area contributed by atoms with Gasteiger partial charge in [0, 0.05) is 56.6 Å². The first-order valence-corrected chi connectivity index (χ1v) is 11.4. The quantitative estimate of drug-likeness (QED) is 0.589. The number of sulfonamides is 1. The molecule has 0 radical (unpaired) electrons. The highest BCUT2D eigenvalue weighted by Crippen LogP contribution is 2.26. The third kappa shape index (κ3) is 3.00. The van der Waals surface area contributed by atoms with Crippen molar-refractivity contribution in [3.05, 3.63) is 59.4 Å². The van der Waals surface area contributed by atoms with E-state index in [4.69, 9.17) is 0 Å². The number of carbonyl (C=O) groups excluding carboxylic acids is 3. The van der Waals surface area contributed by atoms with Crippen molar-refractivity contribution in [2.45, 2.75) is 4.90 Å². The fourth-order valence-corrected chi connectivity index (χ4v) is 5.66. The van der Waals surface area contributed by atoms with Gasteiger partial charge < -0.3 is 9.88 Å². The number of carbonyl (C=O) groups is 3. The predicted molar refractivity (Wildman–Crippen MR) is 114 cm³/mol. The molecule has 3 amide bonds. The molecule has 0 unspecified atom stereocenters. The largest absolute Gasteiger partial charge is 0.345 e. The second-order valence-electron chi connectivity index (χ2n) is 7.68. The van der Waals surface area contributed by atoms with Crippen LogP contribution in [0.1, 0.15) is 31.1 Å². The van der Waals surface area contributed by atoms with Crippen LogP contribution < -0.4 is 0 Å². The van der Waals surface area contributed by atoms with Crippen LogP contribution in [-0.2, 0) is 10.0 Å². The zero-order valence-corrected chi connectivity index (χ0v) is 17.9. The number of piperazine rings is 1. The lowest BCUT2D eigenvalue weighted by Gasteiger charge is -2.34. The van der Waals surface area contributed by atoms with Gasteiger partial charge in [0.2, 0.25) is 10.0 Å². The number of nitrogens with zero attached hydrogens (tertiary/aromatic N) is 4. The van der Waals surface area contributed by atoms with Crippen molar-refractivity contribution >= 4 is 38.8 Å². The van der Waals surface area contributed by atoms with Gasteiger partial charge in [-0.2, -0.15) is 4.31 Å². The van der Waals surface area contributed by atoms with E-state index in [0.29, 0.717) is 16.6 Å². The summed E-state index contributed by atoms with van der Waals surface area (Å²) >= 11 is 0.